The summed E-state index contributed by atoms with van der Waals surface area (Å²) >= 11 is 0. The molecule has 3 atom stereocenters. The summed E-state index contributed by atoms with van der Waals surface area (Å²) in [6, 6.07) is 0. The van der Waals surface area contributed by atoms with Crippen molar-refractivity contribution in [1.82, 2.24) is 0 Å². The number of hydrogen-bond donors (Lipinski definition) is 4. The van der Waals surface area contributed by atoms with Crippen LogP contribution in [-0.4, -0.2) is 44.7 Å². The van der Waals surface area contributed by atoms with Gasteiger partial charge in [0.05, 0.1) is 18.3 Å². The molecule has 0 fully saturated rings. The molecule has 3 unspecified atom stereocenters. The van der Waals surface area contributed by atoms with Crippen LogP contribution in [0.25, 0.3) is 0 Å². The molecular formula is C18H34O5. The van der Waals surface area contributed by atoms with Crippen LogP contribution in [0.3, 0.4) is 0 Å². The van der Waals surface area contributed by atoms with Gasteiger partial charge in [-0.05, 0) is 38.5 Å². The lowest BCUT2D eigenvalue weighted by molar-refractivity contribution is -0.131. The van der Waals surface area contributed by atoms with E-state index in [4.69, 9.17) is 5.11 Å². The Bertz CT molecular complexity index is 317. The lowest BCUT2D eigenvalue weighted by atomic mass is 9.98. The predicted octanol–water partition coefficient (Wildman–Crippen LogP) is 3.02. The van der Waals surface area contributed by atoms with Crippen LogP contribution < -0.4 is 0 Å². The fourth-order valence-corrected chi connectivity index (χ4v) is 2.50. The normalized spacial score (nSPS) is 15.7. The Kier molecular flexibility index (Phi) is 14.1. The Morgan fingerprint density at radius 2 is 1.52 bits per heavy atom. The van der Waals surface area contributed by atoms with E-state index in [1.165, 1.54) is 0 Å². The zero-order valence-corrected chi connectivity index (χ0v) is 14.4. The Labute approximate surface area is 140 Å². The highest BCUT2D eigenvalue weighted by Gasteiger charge is 2.17. The first-order chi connectivity index (χ1) is 11.0. The number of aliphatic hydroxyl groups is 3. The summed E-state index contributed by atoms with van der Waals surface area (Å²) in [7, 11) is 0. The van der Waals surface area contributed by atoms with Gasteiger partial charge in [-0.15, -0.1) is 0 Å². The molecule has 136 valence electrons. The van der Waals surface area contributed by atoms with E-state index in [0.29, 0.717) is 19.3 Å². The highest BCUT2D eigenvalue weighted by Crippen LogP contribution is 2.15. The van der Waals surface area contributed by atoms with Crippen molar-refractivity contribution < 1.29 is 25.2 Å². The van der Waals surface area contributed by atoms with E-state index in [-0.39, 0.29) is 6.10 Å². The van der Waals surface area contributed by atoms with Crippen molar-refractivity contribution in [3.05, 3.63) is 12.2 Å². The Hall–Kier alpha value is -0.910. The van der Waals surface area contributed by atoms with Crippen molar-refractivity contribution >= 4 is 5.97 Å². The topological polar surface area (TPSA) is 98.0 Å². The molecule has 0 rings (SSSR count). The third-order valence-electron chi connectivity index (χ3n) is 4.01. The number of rotatable bonds is 15. The molecule has 23 heavy (non-hydrogen) atoms. The fraction of sp³-hybridized carbons (Fsp3) is 0.833. The molecule has 0 saturated heterocycles. The summed E-state index contributed by atoms with van der Waals surface area (Å²) in [4.78, 5) is 10.3. The van der Waals surface area contributed by atoms with Crippen LogP contribution in [0.15, 0.2) is 12.2 Å². The van der Waals surface area contributed by atoms with Crippen LogP contribution >= 0.6 is 0 Å². The molecule has 0 aliphatic carbocycles. The summed E-state index contributed by atoms with van der Waals surface area (Å²) in [5.41, 5.74) is 0. The summed E-state index contributed by atoms with van der Waals surface area (Å²) in [6.07, 6.45) is 9.67. The molecule has 4 N–H and O–H groups in total. The molecule has 0 spiro atoms. The fourth-order valence-electron chi connectivity index (χ4n) is 2.50. The van der Waals surface area contributed by atoms with Crippen LogP contribution in [0, 0.1) is 0 Å². The lowest BCUT2D eigenvalue weighted by Gasteiger charge is -2.19. The van der Waals surface area contributed by atoms with Crippen LogP contribution in [0.5, 0.6) is 0 Å². The van der Waals surface area contributed by atoms with E-state index in [1.807, 2.05) is 0 Å². The highest BCUT2D eigenvalue weighted by atomic mass is 16.4. The van der Waals surface area contributed by atoms with Gasteiger partial charge in [0.25, 0.3) is 0 Å². The van der Waals surface area contributed by atoms with Gasteiger partial charge in [-0.3, -0.25) is 0 Å². The van der Waals surface area contributed by atoms with Gasteiger partial charge in [-0.25, -0.2) is 4.79 Å². The first kappa shape index (κ1) is 22.1. The van der Waals surface area contributed by atoms with Gasteiger partial charge in [0.2, 0.25) is 0 Å². The van der Waals surface area contributed by atoms with Crippen LogP contribution in [0.4, 0.5) is 0 Å². The number of carboxylic acids is 1. The zero-order valence-electron chi connectivity index (χ0n) is 14.4. The van der Waals surface area contributed by atoms with E-state index in [2.05, 4.69) is 6.92 Å². The minimum Gasteiger partial charge on any atom is -0.478 e. The van der Waals surface area contributed by atoms with Gasteiger partial charge < -0.3 is 20.4 Å². The molecule has 5 nitrogen and oxygen atoms in total. The van der Waals surface area contributed by atoms with E-state index < -0.39 is 18.2 Å². The van der Waals surface area contributed by atoms with Gasteiger partial charge in [-0.1, -0.05) is 45.1 Å². The smallest absolute Gasteiger partial charge is 0.327 e. The van der Waals surface area contributed by atoms with Crippen molar-refractivity contribution in [2.24, 2.45) is 0 Å². The van der Waals surface area contributed by atoms with Crippen LogP contribution in [-0.2, 0) is 4.79 Å². The van der Waals surface area contributed by atoms with Gasteiger partial charge in [0, 0.05) is 6.08 Å². The molecule has 0 amide bonds. The summed E-state index contributed by atoms with van der Waals surface area (Å²) < 4.78 is 0. The second-order valence-electron chi connectivity index (χ2n) is 6.24. The number of carboxylic acid groups (broad SMARTS) is 1. The molecule has 0 aliphatic heterocycles. The van der Waals surface area contributed by atoms with Gasteiger partial charge in [0.15, 0.2) is 0 Å². The molecule has 0 saturated carbocycles. The van der Waals surface area contributed by atoms with Crippen LogP contribution in [0.1, 0.15) is 77.6 Å². The average Bonchev–Trinajstić information content (AvgIpc) is 2.51. The number of aliphatic hydroxyl groups excluding tert-OH is 3. The van der Waals surface area contributed by atoms with Gasteiger partial charge in [-0.2, -0.15) is 0 Å². The van der Waals surface area contributed by atoms with E-state index in [1.54, 1.807) is 6.08 Å². The van der Waals surface area contributed by atoms with E-state index in [9.17, 15) is 20.1 Å². The summed E-state index contributed by atoms with van der Waals surface area (Å²) in [5, 5.41) is 38.0. The minimum absolute atomic E-state index is 0.385. The second kappa shape index (κ2) is 14.7. The predicted molar refractivity (Wildman–Crippen MR) is 91.3 cm³/mol. The molecule has 5 heteroatoms. The largest absolute Gasteiger partial charge is 0.478 e. The number of unbranched alkanes of at least 4 members (excludes halogenated alkanes) is 5. The van der Waals surface area contributed by atoms with Gasteiger partial charge >= 0.3 is 5.97 Å². The van der Waals surface area contributed by atoms with E-state index in [0.717, 1.165) is 57.4 Å². The molecule has 0 aromatic heterocycles. The molecule has 0 aromatic carbocycles. The zero-order chi connectivity index (χ0) is 17.5. The monoisotopic (exact) mass is 330 g/mol. The van der Waals surface area contributed by atoms with Crippen molar-refractivity contribution in [3.8, 4) is 0 Å². The maximum absolute atomic E-state index is 10.3. The minimum atomic E-state index is -0.930. The first-order valence-corrected chi connectivity index (χ1v) is 8.91. The third kappa shape index (κ3) is 14.4. The molecule has 0 heterocycles. The highest BCUT2D eigenvalue weighted by molar-refractivity contribution is 5.79. The lowest BCUT2D eigenvalue weighted by Crippen LogP contribution is -2.27. The second-order valence-corrected chi connectivity index (χ2v) is 6.24. The standard InChI is InChI=1S/C18H34O5/c1-2-3-7-10-15(19)13-14-17(21)16(20)11-8-5-4-6-9-12-18(22)23/h9,12,15-17,19-21H,2-8,10-11,13-14H2,1H3,(H,22,23). The Morgan fingerprint density at radius 3 is 2.17 bits per heavy atom. The summed E-state index contributed by atoms with van der Waals surface area (Å²) in [5.74, 6) is -0.930. The van der Waals surface area contributed by atoms with E-state index >= 15 is 0 Å². The Balaban J connectivity index is 3.61. The number of hydrogen-bond acceptors (Lipinski definition) is 4. The van der Waals surface area contributed by atoms with Crippen molar-refractivity contribution in [2.45, 2.75) is 95.9 Å². The summed E-state index contributed by atoms with van der Waals surface area (Å²) in [6.45, 7) is 2.12. The SMILES string of the molecule is CCCCCC(O)CCC(O)C(O)CCCCCC=CC(=O)O. The quantitative estimate of drug-likeness (QED) is 0.273. The Morgan fingerprint density at radius 1 is 0.870 bits per heavy atom. The molecule has 0 aromatic rings. The number of carbonyl (C=O) groups is 1. The van der Waals surface area contributed by atoms with Crippen molar-refractivity contribution in [1.29, 1.82) is 0 Å². The third-order valence-corrected chi connectivity index (χ3v) is 4.01. The number of allylic oxidation sites excluding steroid dienone is 1. The molecule has 0 aliphatic rings. The average molecular weight is 330 g/mol. The molecular weight excluding hydrogens is 296 g/mol. The first-order valence-electron chi connectivity index (χ1n) is 8.91. The van der Waals surface area contributed by atoms with Gasteiger partial charge in [0.1, 0.15) is 0 Å². The van der Waals surface area contributed by atoms with Crippen LogP contribution in [0.2, 0.25) is 0 Å². The maximum atomic E-state index is 10.3. The molecule has 0 bridgehead atoms. The molecule has 0 radical (unpaired) electrons. The maximum Gasteiger partial charge on any atom is 0.327 e. The number of aliphatic carboxylic acids is 1. The van der Waals surface area contributed by atoms with Crippen molar-refractivity contribution in [2.75, 3.05) is 0 Å². The van der Waals surface area contributed by atoms with Crippen molar-refractivity contribution in [3.63, 3.8) is 0 Å².